The SMILES string of the molecule is Cc1ccc(-n2nc3c(c2-n2cccc2)CN(C(=O)c2cc(-c4ccco4)on2)C3)cc1C. The largest absolute Gasteiger partial charge is 0.461 e. The molecule has 0 bridgehead atoms. The lowest BCUT2D eigenvalue weighted by Crippen LogP contribution is -2.26. The molecule has 0 atom stereocenters. The van der Waals surface area contributed by atoms with E-state index in [1.54, 1.807) is 29.4 Å². The third-order valence-electron chi connectivity index (χ3n) is 6.09. The van der Waals surface area contributed by atoms with Crippen LogP contribution in [-0.4, -0.2) is 30.3 Å². The molecule has 1 aliphatic heterocycles. The van der Waals surface area contributed by atoms with Crippen molar-refractivity contribution in [3.8, 4) is 23.0 Å². The van der Waals surface area contributed by atoms with Gasteiger partial charge in [-0.05, 0) is 61.4 Å². The number of rotatable bonds is 4. The second-order valence-electron chi connectivity index (χ2n) is 8.23. The van der Waals surface area contributed by atoms with Crippen molar-refractivity contribution < 1.29 is 13.7 Å². The van der Waals surface area contributed by atoms with Gasteiger partial charge in [-0.3, -0.25) is 4.79 Å². The molecular formula is C25H21N5O3. The maximum Gasteiger partial charge on any atom is 0.276 e. The first kappa shape index (κ1) is 19.4. The normalized spacial score (nSPS) is 13.0. The molecule has 6 rings (SSSR count). The minimum absolute atomic E-state index is 0.203. The Kier molecular flexibility index (Phi) is 4.33. The van der Waals surface area contributed by atoms with E-state index in [0.717, 1.165) is 22.8 Å². The summed E-state index contributed by atoms with van der Waals surface area (Å²) in [5.74, 6) is 1.69. The monoisotopic (exact) mass is 439 g/mol. The topological polar surface area (TPSA) is 82.2 Å². The summed E-state index contributed by atoms with van der Waals surface area (Å²) >= 11 is 0. The molecule has 0 radical (unpaired) electrons. The highest BCUT2D eigenvalue weighted by molar-refractivity contribution is 5.93. The van der Waals surface area contributed by atoms with Crippen LogP contribution < -0.4 is 0 Å². The second-order valence-corrected chi connectivity index (χ2v) is 8.23. The number of fused-ring (bicyclic) bond motifs is 1. The van der Waals surface area contributed by atoms with Crippen molar-refractivity contribution in [2.24, 2.45) is 0 Å². The summed E-state index contributed by atoms with van der Waals surface area (Å²) in [4.78, 5) is 14.9. The van der Waals surface area contributed by atoms with Gasteiger partial charge in [-0.15, -0.1) is 0 Å². The van der Waals surface area contributed by atoms with E-state index in [4.69, 9.17) is 14.0 Å². The van der Waals surface area contributed by atoms with Crippen LogP contribution in [-0.2, 0) is 13.1 Å². The average molecular weight is 439 g/mol. The fourth-order valence-electron chi connectivity index (χ4n) is 4.20. The van der Waals surface area contributed by atoms with Crippen LogP contribution in [0.1, 0.15) is 32.9 Å². The lowest BCUT2D eigenvalue weighted by atomic mass is 10.1. The highest BCUT2D eigenvalue weighted by Gasteiger charge is 2.33. The van der Waals surface area contributed by atoms with Crippen LogP contribution in [0.4, 0.5) is 0 Å². The Morgan fingerprint density at radius 2 is 1.82 bits per heavy atom. The smallest absolute Gasteiger partial charge is 0.276 e. The van der Waals surface area contributed by atoms with Crippen molar-refractivity contribution >= 4 is 5.91 Å². The lowest BCUT2D eigenvalue weighted by molar-refractivity contribution is 0.0738. The van der Waals surface area contributed by atoms with Gasteiger partial charge in [-0.25, -0.2) is 4.68 Å². The molecule has 0 fully saturated rings. The molecule has 1 aromatic carbocycles. The van der Waals surface area contributed by atoms with E-state index in [9.17, 15) is 4.79 Å². The minimum Gasteiger partial charge on any atom is -0.461 e. The van der Waals surface area contributed by atoms with Gasteiger partial charge in [-0.2, -0.15) is 5.10 Å². The van der Waals surface area contributed by atoms with E-state index in [-0.39, 0.29) is 11.6 Å². The number of aryl methyl sites for hydroxylation is 2. The summed E-state index contributed by atoms with van der Waals surface area (Å²) in [6, 6.07) is 15.4. The van der Waals surface area contributed by atoms with Gasteiger partial charge < -0.3 is 18.4 Å². The van der Waals surface area contributed by atoms with E-state index in [1.165, 1.54) is 11.1 Å². The lowest BCUT2D eigenvalue weighted by Gasteiger charge is -2.16. The molecule has 0 N–H and O–H groups in total. The van der Waals surface area contributed by atoms with Gasteiger partial charge in [0.1, 0.15) is 5.82 Å². The molecule has 4 aromatic heterocycles. The van der Waals surface area contributed by atoms with Crippen molar-refractivity contribution in [2.75, 3.05) is 0 Å². The van der Waals surface area contributed by atoms with E-state index in [2.05, 4.69) is 37.2 Å². The Balaban J connectivity index is 1.34. The van der Waals surface area contributed by atoms with Gasteiger partial charge in [0.15, 0.2) is 11.5 Å². The first-order valence-corrected chi connectivity index (χ1v) is 10.7. The maximum absolute atomic E-state index is 13.2. The summed E-state index contributed by atoms with van der Waals surface area (Å²) in [5, 5.41) is 8.87. The molecule has 33 heavy (non-hydrogen) atoms. The van der Waals surface area contributed by atoms with E-state index < -0.39 is 0 Å². The molecule has 1 aliphatic rings. The van der Waals surface area contributed by atoms with Crippen LogP contribution in [0.2, 0.25) is 0 Å². The molecule has 5 aromatic rings. The number of furan rings is 1. The Morgan fingerprint density at radius 1 is 0.970 bits per heavy atom. The Labute approximate surface area is 189 Å². The zero-order valence-electron chi connectivity index (χ0n) is 18.2. The molecule has 8 nitrogen and oxygen atoms in total. The van der Waals surface area contributed by atoms with E-state index in [1.807, 2.05) is 33.8 Å². The fraction of sp³-hybridized carbons (Fsp3) is 0.160. The summed E-state index contributed by atoms with van der Waals surface area (Å²) < 4.78 is 14.6. The van der Waals surface area contributed by atoms with E-state index in [0.29, 0.717) is 24.6 Å². The van der Waals surface area contributed by atoms with Crippen LogP contribution in [0.15, 0.2) is 76.1 Å². The van der Waals surface area contributed by atoms with Crippen molar-refractivity contribution in [2.45, 2.75) is 26.9 Å². The minimum atomic E-state index is -0.203. The number of aromatic nitrogens is 4. The molecular weight excluding hydrogens is 418 g/mol. The standard InChI is InChI=1S/C25H21N5O3/c1-16-7-8-18(12-17(16)2)30-24(28-9-3-4-10-28)19-14-29(15-21(19)26-30)25(31)20-13-23(33-27-20)22-6-5-11-32-22/h3-13H,14-15H2,1-2H3. The zero-order valence-corrected chi connectivity index (χ0v) is 18.2. The third kappa shape index (κ3) is 3.18. The van der Waals surface area contributed by atoms with E-state index >= 15 is 0 Å². The van der Waals surface area contributed by atoms with Gasteiger partial charge in [-0.1, -0.05) is 11.2 Å². The van der Waals surface area contributed by atoms with Crippen LogP contribution in [0.3, 0.4) is 0 Å². The van der Waals surface area contributed by atoms with Gasteiger partial charge in [0.2, 0.25) is 5.76 Å². The van der Waals surface area contributed by atoms with Crippen LogP contribution >= 0.6 is 0 Å². The molecule has 5 heterocycles. The highest BCUT2D eigenvalue weighted by atomic mass is 16.5. The summed E-state index contributed by atoms with van der Waals surface area (Å²) in [6.45, 7) is 5.04. The highest BCUT2D eigenvalue weighted by Crippen LogP contribution is 2.32. The van der Waals surface area contributed by atoms with Crippen molar-refractivity contribution in [3.63, 3.8) is 0 Å². The number of benzene rings is 1. The molecule has 164 valence electrons. The maximum atomic E-state index is 13.2. The summed E-state index contributed by atoms with van der Waals surface area (Å²) in [5.41, 5.74) is 5.58. The fourth-order valence-corrected chi connectivity index (χ4v) is 4.20. The van der Waals surface area contributed by atoms with Crippen LogP contribution in [0.25, 0.3) is 23.0 Å². The number of carbonyl (C=O) groups excluding carboxylic acids is 1. The van der Waals surface area contributed by atoms with Gasteiger partial charge in [0, 0.05) is 24.0 Å². The number of hydrogen-bond donors (Lipinski definition) is 0. The van der Waals surface area contributed by atoms with Crippen LogP contribution in [0.5, 0.6) is 0 Å². The Bertz CT molecular complexity index is 1460. The molecule has 0 unspecified atom stereocenters. The Morgan fingerprint density at radius 3 is 2.58 bits per heavy atom. The number of amides is 1. The predicted octanol–water partition coefficient (Wildman–Crippen LogP) is 4.68. The number of carbonyl (C=O) groups is 1. The molecule has 1 amide bonds. The van der Waals surface area contributed by atoms with Gasteiger partial charge in [0.05, 0.1) is 30.7 Å². The first-order valence-electron chi connectivity index (χ1n) is 10.7. The quantitative estimate of drug-likeness (QED) is 0.406. The second kappa shape index (κ2) is 7.37. The van der Waals surface area contributed by atoms with Gasteiger partial charge in [0.25, 0.3) is 5.91 Å². The summed E-state index contributed by atoms with van der Waals surface area (Å²) in [6.07, 6.45) is 5.54. The molecule has 0 saturated carbocycles. The predicted molar refractivity (Wildman–Crippen MR) is 120 cm³/mol. The molecule has 0 saturated heterocycles. The first-order chi connectivity index (χ1) is 16.1. The number of hydrogen-bond acceptors (Lipinski definition) is 5. The van der Waals surface area contributed by atoms with Crippen molar-refractivity contribution in [1.82, 2.24) is 24.4 Å². The molecule has 8 heteroatoms. The Hall–Kier alpha value is -4.33. The van der Waals surface area contributed by atoms with Crippen molar-refractivity contribution in [1.29, 1.82) is 0 Å². The third-order valence-corrected chi connectivity index (χ3v) is 6.09. The molecule has 0 spiro atoms. The van der Waals surface area contributed by atoms with Gasteiger partial charge >= 0.3 is 0 Å². The van der Waals surface area contributed by atoms with Crippen molar-refractivity contribution in [3.05, 3.63) is 95.3 Å². The number of nitrogens with zero attached hydrogens (tertiary/aromatic N) is 5. The molecule has 0 aliphatic carbocycles. The van der Waals surface area contributed by atoms with Crippen LogP contribution in [0, 0.1) is 13.8 Å². The summed E-state index contributed by atoms with van der Waals surface area (Å²) in [7, 11) is 0. The zero-order chi connectivity index (χ0) is 22.5. The average Bonchev–Trinajstić information content (AvgIpc) is 3.62.